The Hall–Kier alpha value is -1.46. The van der Waals surface area contributed by atoms with Crippen LogP contribution in [0, 0.1) is 0 Å². The van der Waals surface area contributed by atoms with E-state index in [2.05, 4.69) is 30.2 Å². The van der Waals surface area contributed by atoms with E-state index in [1.54, 1.807) is 0 Å². The molecule has 1 aromatic rings. The number of aromatic nitrogens is 4. The minimum Gasteiger partial charge on any atom is -0.338 e. The first kappa shape index (κ1) is 7.90. The first-order chi connectivity index (χ1) is 6.93. The molecule has 1 aromatic heterocycles. The average Bonchev–Trinajstić information content (AvgIpc) is 2.02. The van der Waals surface area contributed by atoms with Crippen molar-refractivity contribution >= 4 is 11.9 Å². The normalized spacial score (nSPS) is 20.3. The third-order valence-corrected chi connectivity index (χ3v) is 2.74. The lowest BCUT2D eigenvalue weighted by Gasteiger charge is -2.31. The molecule has 0 radical (unpaired) electrons. The first-order valence-electron chi connectivity index (χ1n) is 5.01. The summed E-state index contributed by atoms with van der Waals surface area (Å²) in [5.41, 5.74) is 0. The Labute approximate surface area is 81.9 Å². The minimum absolute atomic E-state index is 0.667. The molecule has 0 aromatic carbocycles. The molecule has 2 aliphatic rings. The summed E-state index contributed by atoms with van der Waals surface area (Å²) in [6.45, 7) is 4.14. The van der Waals surface area contributed by atoms with Crippen molar-refractivity contribution in [3.63, 3.8) is 0 Å². The van der Waals surface area contributed by atoms with Crippen molar-refractivity contribution in [1.82, 2.24) is 20.4 Å². The van der Waals surface area contributed by atoms with Crippen molar-refractivity contribution in [2.75, 3.05) is 36.0 Å². The summed E-state index contributed by atoms with van der Waals surface area (Å²) in [7, 11) is 0. The Bertz CT molecular complexity index is 282. The van der Waals surface area contributed by atoms with Gasteiger partial charge in [-0.05, 0) is 12.8 Å². The van der Waals surface area contributed by atoms with Crippen molar-refractivity contribution in [2.24, 2.45) is 0 Å². The molecule has 6 nitrogen and oxygen atoms in total. The number of hydrogen-bond acceptors (Lipinski definition) is 6. The third-order valence-electron chi connectivity index (χ3n) is 2.74. The highest BCUT2D eigenvalue weighted by Gasteiger charge is 2.21. The van der Waals surface area contributed by atoms with Crippen LogP contribution in [0.25, 0.3) is 0 Å². The van der Waals surface area contributed by atoms with Crippen LogP contribution in [0.2, 0.25) is 0 Å². The van der Waals surface area contributed by atoms with Gasteiger partial charge in [0.25, 0.3) is 11.9 Å². The first-order valence-corrected chi connectivity index (χ1v) is 5.01. The van der Waals surface area contributed by atoms with Crippen LogP contribution in [0.4, 0.5) is 11.9 Å². The van der Waals surface area contributed by atoms with Gasteiger partial charge in [-0.15, -0.1) is 20.4 Å². The molecule has 0 aliphatic carbocycles. The van der Waals surface area contributed by atoms with Gasteiger partial charge in [0.2, 0.25) is 0 Å². The zero-order valence-electron chi connectivity index (χ0n) is 7.93. The molecule has 0 amide bonds. The van der Waals surface area contributed by atoms with Gasteiger partial charge in [0.1, 0.15) is 0 Å². The molecule has 0 unspecified atom stereocenters. The van der Waals surface area contributed by atoms with E-state index in [0.29, 0.717) is 11.9 Å². The number of rotatable bonds is 2. The maximum atomic E-state index is 4.06. The lowest BCUT2D eigenvalue weighted by molar-refractivity contribution is 0.564. The molecule has 2 fully saturated rings. The third kappa shape index (κ3) is 1.18. The predicted molar refractivity (Wildman–Crippen MR) is 51.3 cm³/mol. The number of nitrogens with zero attached hydrogens (tertiary/aromatic N) is 6. The van der Waals surface area contributed by atoms with Crippen molar-refractivity contribution in [3.05, 3.63) is 0 Å². The Morgan fingerprint density at radius 2 is 1.00 bits per heavy atom. The molecule has 6 heteroatoms. The summed E-state index contributed by atoms with van der Waals surface area (Å²) in [4.78, 5) is 4.17. The van der Waals surface area contributed by atoms with Crippen LogP contribution in [0.1, 0.15) is 12.8 Å². The molecule has 0 spiro atoms. The summed E-state index contributed by atoms with van der Waals surface area (Å²) in [6, 6.07) is 0. The predicted octanol–water partition coefficient (Wildman–Crippen LogP) is -0.313. The Morgan fingerprint density at radius 3 is 1.21 bits per heavy atom. The monoisotopic (exact) mass is 192 g/mol. The highest BCUT2D eigenvalue weighted by molar-refractivity contribution is 5.34. The van der Waals surface area contributed by atoms with Crippen LogP contribution in [-0.2, 0) is 0 Å². The fraction of sp³-hybridized carbons (Fsp3) is 0.750. The van der Waals surface area contributed by atoms with Crippen LogP contribution in [-0.4, -0.2) is 46.6 Å². The van der Waals surface area contributed by atoms with Crippen LogP contribution in [0.3, 0.4) is 0 Å². The maximum Gasteiger partial charge on any atom is 0.264 e. The Morgan fingerprint density at radius 1 is 0.643 bits per heavy atom. The van der Waals surface area contributed by atoms with Gasteiger partial charge >= 0.3 is 0 Å². The zero-order chi connectivity index (χ0) is 9.38. The van der Waals surface area contributed by atoms with Crippen molar-refractivity contribution < 1.29 is 0 Å². The number of anilines is 2. The molecular weight excluding hydrogens is 180 g/mol. The fourth-order valence-corrected chi connectivity index (χ4v) is 1.50. The van der Waals surface area contributed by atoms with E-state index in [1.165, 1.54) is 12.8 Å². The van der Waals surface area contributed by atoms with E-state index >= 15 is 0 Å². The smallest absolute Gasteiger partial charge is 0.264 e. The molecule has 0 saturated carbocycles. The highest BCUT2D eigenvalue weighted by atomic mass is 15.5. The summed E-state index contributed by atoms with van der Waals surface area (Å²) in [5, 5.41) is 16.3. The second kappa shape index (κ2) is 3.04. The molecule has 3 heterocycles. The van der Waals surface area contributed by atoms with Gasteiger partial charge in [-0.3, -0.25) is 0 Å². The molecular formula is C8H12N6. The average molecular weight is 192 g/mol. The van der Waals surface area contributed by atoms with E-state index in [9.17, 15) is 0 Å². The summed E-state index contributed by atoms with van der Waals surface area (Å²) >= 11 is 0. The van der Waals surface area contributed by atoms with Crippen molar-refractivity contribution in [3.8, 4) is 0 Å². The van der Waals surface area contributed by atoms with Crippen LogP contribution >= 0.6 is 0 Å². The topological polar surface area (TPSA) is 58.0 Å². The van der Waals surface area contributed by atoms with Crippen LogP contribution in [0.5, 0.6) is 0 Å². The van der Waals surface area contributed by atoms with E-state index in [4.69, 9.17) is 0 Å². The summed E-state index contributed by atoms with van der Waals surface area (Å²) in [6.07, 6.45) is 2.44. The second-order valence-electron chi connectivity index (χ2n) is 3.68. The van der Waals surface area contributed by atoms with E-state index in [-0.39, 0.29) is 0 Å². The molecule has 3 rings (SSSR count). The van der Waals surface area contributed by atoms with E-state index < -0.39 is 0 Å². The van der Waals surface area contributed by atoms with E-state index in [0.717, 1.165) is 26.2 Å². The van der Waals surface area contributed by atoms with E-state index in [1.807, 2.05) is 0 Å². The summed E-state index contributed by atoms with van der Waals surface area (Å²) in [5.74, 6) is 1.33. The Balaban J connectivity index is 1.75. The number of hydrogen-bond donors (Lipinski definition) is 0. The quantitative estimate of drug-likeness (QED) is 0.640. The van der Waals surface area contributed by atoms with Gasteiger partial charge in [0.15, 0.2) is 0 Å². The molecule has 14 heavy (non-hydrogen) atoms. The molecule has 0 atom stereocenters. The van der Waals surface area contributed by atoms with Gasteiger partial charge in [-0.1, -0.05) is 0 Å². The standard InChI is InChI=1S/C8H12N6/c1-3-13(4-1)7-9-11-8(12-10-7)14-5-2-6-14/h1-6H2. The van der Waals surface area contributed by atoms with Gasteiger partial charge in [0, 0.05) is 26.2 Å². The van der Waals surface area contributed by atoms with Crippen molar-refractivity contribution in [2.45, 2.75) is 12.8 Å². The molecule has 0 N–H and O–H groups in total. The Kier molecular flexibility index (Phi) is 1.71. The molecule has 0 bridgehead atoms. The van der Waals surface area contributed by atoms with Gasteiger partial charge in [0.05, 0.1) is 0 Å². The lowest BCUT2D eigenvalue weighted by atomic mass is 10.2. The molecule has 2 aliphatic heterocycles. The van der Waals surface area contributed by atoms with Crippen LogP contribution < -0.4 is 9.80 Å². The van der Waals surface area contributed by atoms with Crippen LogP contribution in [0.15, 0.2) is 0 Å². The largest absolute Gasteiger partial charge is 0.338 e. The highest BCUT2D eigenvalue weighted by Crippen LogP contribution is 2.16. The van der Waals surface area contributed by atoms with Gasteiger partial charge in [-0.2, -0.15) is 0 Å². The fourth-order valence-electron chi connectivity index (χ4n) is 1.50. The van der Waals surface area contributed by atoms with Crippen molar-refractivity contribution in [1.29, 1.82) is 0 Å². The molecule has 74 valence electrons. The lowest BCUT2D eigenvalue weighted by Crippen LogP contribution is -2.41. The van der Waals surface area contributed by atoms with Gasteiger partial charge < -0.3 is 9.80 Å². The molecule has 2 saturated heterocycles. The minimum atomic E-state index is 0.667. The SMILES string of the molecule is C1CN(c2nnc(N3CCC3)nn2)C1. The second-order valence-corrected chi connectivity index (χ2v) is 3.68. The summed E-state index contributed by atoms with van der Waals surface area (Å²) < 4.78 is 0. The maximum absolute atomic E-state index is 4.06. The van der Waals surface area contributed by atoms with Gasteiger partial charge in [-0.25, -0.2) is 0 Å². The zero-order valence-corrected chi connectivity index (χ0v) is 7.93.